The van der Waals surface area contributed by atoms with Gasteiger partial charge in [-0.15, -0.1) is 0 Å². The lowest BCUT2D eigenvalue weighted by Gasteiger charge is -2.26. The first-order valence-electron chi connectivity index (χ1n) is 7.45. The predicted octanol–water partition coefficient (Wildman–Crippen LogP) is 3.18. The van der Waals surface area contributed by atoms with Gasteiger partial charge in [-0.05, 0) is 25.0 Å². The highest BCUT2D eigenvalue weighted by molar-refractivity contribution is 5.71. The average molecular weight is 283 g/mol. The van der Waals surface area contributed by atoms with Gasteiger partial charge in [-0.1, -0.05) is 32.0 Å². The highest BCUT2D eigenvalue weighted by Crippen LogP contribution is 2.39. The lowest BCUT2D eigenvalue weighted by atomic mass is 10.1. The van der Waals surface area contributed by atoms with Gasteiger partial charge >= 0.3 is 0 Å². The van der Waals surface area contributed by atoms with Crippen LogP contribution in [0.1, 0.15) is 43.8 Å². The molecule has 0 radical (unpaired) electrons. The zero-order chi connectivity index (χ0) is 15.0. The summed E-state index contributed by atoms with van der Waals surface area (Å²) in [5, 5.41) is 9.70. The third-order valence-corrected chi connectivity index (χ3v) is 4.00. The first kappa shape index (κ1) is 14.0. The lowest BCUT2D eigenvalue weighted by Crippen LogP contribution is -2.26. The van der Waals surface area contributed by atoms with Crippen LogP contribution in [-0.4, -0.2) is 21.1 Å². The molecule has 1 atom stereocenters. The van der Waals surface area contributed by atoms with Gasteiger partial charge in [0.2, 0.25) is 0 Å². The minimum atomic E-state index is -0.0665. The summed E-state index contributed by atoms with van der Waals surface area (Å²) in [4.78, 5) is 11.3. The summed E-state index contributed by atoms with van der Waals surface area (Å²) in [7, 11) is 0. The standard InChI is InChI=1S/C17H21N3O/c1-11(2)17-18-9-16(14(10-21)19-17)20-12(3)8-13-6-4-5-7-15(13)20/h4-7,9,11-12,21H,8,10H2,1-3H3. The molecule has 1 aromatic heterocycles. The Morgan fingerprint density at radius 2 is 2.05 bits per heavy atom. The maximum absolute atomic E-state index is 9.70. The minimum Gasteiger partial charge on any atom is -0.390 e. The van der Waals surface area contributed by atoms with Gasteiger partial charge in [-0.2, -0.15) is 0 Å². The van der Waals surface area contributed by atoms with Crippen molar-refractivity contribution in [2.45, 2.75) is 45.8 Å². The van der Waals surface area contributed by atoms with Crippen molar-refractivity contribution in [2.75, 3.05) is 4.90 Å². The number of hydrogen-bond acceptors (Lipinski definition) is 4. The maximum Gasteiger partial charge on any atom is 0.131 e. The molecule has 1 N–H and O–H groups in total. The third-order valence-electron chi connectivity index (χ3n) is 4.00. The summed E-state index contributed by atoms with van der Waals surface area (Å²) in [6.45, 7) is 6.24. The third kappa shape index (κ3) is 2.40. The van der Waals surface area contributed by atoms with Crippen LogP contribution >= 0.6 is 0 Å². The van der Waals surface area contributed by atoms with Gasteiger partial charge in [-0.25, -0.2) is 9.97 Å². The number of aliphatic hydroxyl groups is 1. The molecule has 0 spiro atoms. The van der Waals surface area contributed by atoms with Crippen LogP contribution in [0, 0.1) is 0 Å². The van der Waals surface area contributed by atoms with Crippen molar-refractivity contribution in [1.29, 1.82) is 0 Å². The molecular formula is C17H21N3O. The largest absolute Gasteiger partial charge is 0.390 e. The van der Waals surface area contributed by atoms with Crippen LogP contribution in [-0.2, 0) is 13.0 Å². The monoisotopic (exact) mass is 283 g/mol. The highest BCUT2D eigenvalue weighted by atomic mass is 16.3. The zero-order valence-corrected chi connectivity index (χ0v) is 12.7. The Morgan fingerprint density at radius 1 is 1.29 bits per heavy atom. The van der Waals surface area contributed by atoms with E-state index in [1.807, 2.05) is 12.3 Å². The molecule has 0 aliphatic carbocycles. The molecule has 0 fully saturated rings. The molecule has 4 heteroatoms. The molecule has 0 saturated carbocycles. The molecule has 3 rings (SSSR count). The minimum absolute atomic E-state index is 0.0665. The van der Waals surface area contributed by atoms with E-state index in [1.165, 1.54) is 11.3 Å². The normalized spacial score (nSPS) is 17.4. The van der Waals surface area contributed by atoms with Crippen LogP contribution in [0.15, 0.2) is 30.5 Å². The Bertz CT molecular complexity index is 654. The van der Waals surface area contributed by atoms with Crippen molar-refractivity contribution in [3.8, 4) is 0 Å². The molecule has 2 heterocycles. The zero-order valence-electron chi connectivity index (χ0n) is 12.7. The van der Waals surface area contributed by atoms with Crippen molar-refractivity contribution in [1.82, 2.24) is 9.97 Å². The summed E-state index contributed by atoms with van der Waals surface area (Å²) in [5.41, 5.74) is 4.15. The van der Waals surface area contributed by atoms with Crippen molar-refractivity contribution in [3.05, 3.63) is 47.5 Å². The molecule has 0 bridgehead atoms. The van der Waals surface area contributed by atoms with E-state index < -0.39 is 0 Å². The number of aliphatic hydroxyl groups excluding tert-OH is 1. The molecule has 2 aromatic rings. The average Bonchev–Trinajstić information content (AvgIpc) is 2.82. The fourth-order valence-corrected chi connectivity index (χ4v) is 2.95. The number of anilines is 2. The van der Waals surface area contributed by atoms with Crippen LogP contribution in [0.4, 0.5) is 11.4 Å². The second kappa shape index (κ2) is 5.45. The second-order valence-electron chi connectivity index (χ2n) is 5.92. The number of benzene rings is 1. The molecule has 4 nitrogen and oxygen atoms in total. The summed E-state index contributed by atoms with van der Waals surface area (Å²) in [6, 6.07) is 8.75. The predicted molar refractivity (Wildman–Crippen MR) is 83.8 cm³/mol. The Kier molecular flexibility index (Phi) is 3.64. The van der Waals surface area contributed by atoms with E-state index in [0.29, 0.717) is 11.7 Å². The number of nitrogens with zero attached hydrogens (tertiary/aromatic N) is 3. The van der Waals surface area contributed by atoms with Gasteiger partial charge in [0.25, 0.3) is 0 Å². The van der Waals surface area contributed by atoms with Crippen molar-refractivity contribution >= 4 is 11.4 Å². The molecular weight excluding hydrogens is 262 g/mol. The van der Waals surface area contributed by atoms with Crippen LogP contribution in [0.25, 0.3) is 0 Å². The lowest BCUT2D eigenvalue weighted by molar-refractivity contribution is 0.276. The first-order valence-corrected chi connectivity index (χ1v) is 7.45. The number of para-hydroxylation sites is 1. The Labute approximate surface area is 125 Å². The van der Waals surface area contributed by atoms with Crippen LogP contribution in [0.3, 0.4) is 0 Å². The van der Waals surface area contributed by atoms with E-state index in [4.69, 9.17) is 0 Å². The van der Waals surface area contributed by atoms with Crippen LogP contribution in [0.5, 0.6) is 0 Å². The van der Waals surface area contributed by atoms with Gasteiger partial charge in [0.1, 0.15) is 5.82 Å². The molecule has 1 aliphatic heterocycles. The molecule has 1 aromatic carbocycles. The number of rotatable bonds is 3. The summed E-state index contributed by atoms with van der Waals surface area (Å²) < 4.78 is 0. The summed E-state index contributed by atoms with van der Waals surface area (Å²) >= 11 is 0. The number of aromatic nitrogens is 2. The topological polar surface area (TPSA) is 49.2 Å². The summed E-state index contributed by atoms with van der Waals surface area (Å²) in [5.74, 6) is 1.04. The Balaban J connectivity index is 2.08. The molecule has 110 valence electrons. The van der Waals surface area contributed by atoms with Gasteiger partial charge < -0.3 is 10.0 Å². The Morgan fingerprint density at radius 3 is 2.76 bits per heavy atom. The molecule has 1 aliphatic rings. The number of fused-ring (bicyclic) bond motifs is 1. The van der Waals surface area contributed by atoms with Crippen LogP contribution < -0.4 is 4.90 Å². The fraction of sp³-hybridized carbons (Fsp3) is 0.412. The van der Waals surface area contributed by atoms with Gasteiger partial charge in [-0.3, -0.25) is 0 Å². The molecule has 21 heavy (non-hydrogen) atoms. The molecule has 1 unspecified atom stereocenters. The van der Waals surface area contributed by atoms with Crippen molar-refractivity contribution < 1.29 is 5.11 Å². The van der Waals surface area contributed by atoms with E-state index in [1.54, 1.807) is 0 Å². The molecule has 0 amide bonds. The van der Waals surface area contributed by atoms with Crippen molar-refractivity contribution in [3.63, 3.8) is 0 Å². The Hall–Kier alpha value is -1.94. The fourth-order valence-electron chi connectivity index (χ4n) is 2.95. The van der Waals surface area contributed by atoms with E-state index in [-0.39, 0.29) is 12.5 Å². The molecule has 0 saturated heterocycles. The quantitative estimate of drug-likeness (QED) is 0.940. The highest BCUT2D eigenvalue weighted by Gasteiger charge is 2.29. The van der Waals surface area contributed by atoms with Crippen molar-refractivity contribution in [2.24, 2.45) is 0 Å². The maximum atomic E-state index is 9.70. The second-order valence-corrected chi connectivity index (χ2v) is 5.92. The van der Waals surface area contributed by atoms with E-state index in [9.17, 15) is 5.11 Å². The van der Waals surface area contributed by atoms with Gasteiger partial charge in [0.05, 0.1) is 24.2 Å². The first-order chi connectivity index (χ1) is 10.1. The van der Waals surface area contributed by atoms with E-state index >= 15 is 0 Å². The number of hydrogen-bond donors (Lipinski definition) is 1. The van der Waals surface area contributed by atoms with Crippen LogP contribution in [0.2, 0.25) is 0 Å². The van der Waals surface area contributed by atoms with E-state index in [0.717, 1.165) is 17.9 Å². The van der Waals surface area contributed by atoms with Gasteiger partial charge in [0, 0.05) is 17.6 Å². The smallest absolute Gasteiger partial charge is 0.131 e. The summed E-state index contributed by atoms with van der Waals surface area (Å²) in [6.07, 6.45) is 2.86. The SMILES string of the molecule is CC(C)c1ncc(N2c3ccccc3CC2C)c(CO)n1. The van der Waals surface area contributed by atoms with Gasteiger partial charge in [0.15, 0.2) is 0 Å². The van der Waals surface area contributed by atoms with E-state index in [2.05, 4.69) is 53.8 Å².